The summed E-state index contributed by atoms with van der Waals surface area (Å²) in [6.45, 7) is 1.32. The van der Waals surface area contributed by atoms with Crippen LogP contribution in [0.4, 0.5) is 11.4 Å². The average Bonchev–Trinajstić information content (AvgIpc) is 2.37. The number of nitro groups is 1. The Morgan fingerprint density at radius 3 is 2.58 bits per heavy atom. The number of ether oxygens (including phenoxy) is 1. The van der Waals surface area contributed by atoms with Gasteiger partial charge in [-0.2, -0.15) is 0 Å². The summed E-state index contributed by atoms with van der Waals surface area (Å²) >= 11 is 0. The summed E-state index contributed by atoms with van der Waals surface area (Å²) in [6, 6.07) is 3.81. The number of nitro benzene ring substituents is 1. The van der Waals surface area contributed by atoms with Crippen molar-refractivity contribution in [3.63, 3.8) is 0 Å². The number of amides is 1. The first-order valence-corrected chi connectivity index (χ1v) is 5.33. The van der Waals surface area contributed by atoms with Crippen LogP contribution in [-0.2, 0) is 9.53 Å². The van der Waals surface area contributed by atoms with E-state index in [0.29, 0.717) is 0 Å². The SMILES string of the molecule is CNc1ccc(C(=O)O[C@@H](C)C(N)=O)cc1[N+](=O)[O-]. The van der Waals surface area contributed by atoms with Gasteiger partial charge in [0.2, 0.25) is 0 Å². The molecule has 0 unspecified atom stereocenters. The molecule has 0 fully saturated rings. The third-order valence-corrected chi connectivity index (χ3v) is 2.38. The van der Waals surface area contributed by atoms with Crippen LogP contribution in [0.2, 0.25) is 0 Å². The zero-order valence-corrected chi connectivity index (χ0v) is 10.4. The molecule has 0 radical (unpaired) electrons. The van der Waals surface area contributed by atoms with Gasteiger partial charge in [-0.15, -0.1) is 0 Å². The Morgan fingerprint density at radius 2 is 2.11 bits per heavy atom. The minimum Gasteiger partial charge on any atom is -0.449 e. The van der Waals surface area contributed by atoms with E-state index < -0.39 is 22.9 Å². The molecule has 0 aromatic heterocycles. The van der Waals surface area contributed by atoms with Crippen LogP contribution in [-0.4, -0.2) is 30.0 Å². The number of rotatable bonds is 5. The fourth-order valence-corrected chi connectivity index (χ4v) is 1.31. The minimum atomic E-state index is -1.10. The molecule has 8 heteroatoms. The highest BCUT2D eigenvalue weighted by Crippen LogP contribution is 2.25. The minimum absolute atomic E-state index is 0.0289. The van der Waals surface area contributed by atoms with Crippen molar-refractivity contribution < 1.29 is 19.2 Å². The van der Waals surface area contributed by atoms with Gasteiger partial charge < -0.3 is 15.8 Å². The Kier molecular flexibility index (Phi) is 4.41. The fraction of sp³-hybridized carbons (Fsp3) is 0.273. The van der Waals surface area contributed by atoms with Crippen LogP contribution in [0, 0.1) is 10.1 Å². The Balaban J connectivity index is 3.02. The summed E-state index contributed by atoms with van der Waals surface area (Å²) < 4.78 is 4.75. The number of anilines is 1. The van der Waals surface area contributed by atoms with Gasteiger partial charge in [0.05, 0.1) is 10.5 Å². The largest absolute Gasteiger partial charge is 0.449 e. The second-order valence-corrected chi connectivity index (χ2v) is 3.69. The Hall–Kier alpha value is -2.64. The normalized spacial score (nSPS) is 11.5. The second kappa shape index (κ2) is 5.80. The van der Waals surface area contributed by atoms with Crippen LogP contribution in [0.5, 0.6) is 0 Å². The quantitative estimate of drug-likeness (QED) is 0.459. The van der Waals surface area contributed by atoms with Crippen molar-refractivity contribution in [3.05, 3.63) is 33.9 Å². The van der Waals surface area contributed by atoms with Gasteiger partial charge in [-0.25, -0.2) is 4.79 Å². The molecular formula is C11H13N3O5. The van der Waals surface area contributed by atoms with Crippen molar-refractivity contribution in [1.82, 2.24) is 0 Å². The number of primary amides is 1. The molecule has 0 aliphatic heterocycles. The molecule has 0 aliphatic rings. The molecule has 0 aliphatic carbocycles. The number of hydrogen-bond acceptors (Lipinski definition) is 6. The third-order valence-electron chi connectivity index (χ3n) is 2.38. The molecule has 1 amide bonds. The lowest BCUT2D eigenvalue weighted by molar-refractivity contribution is -0.384. The number of esters is 1. The van der Waals surface area contributed by atoms with Crippen LogP contribution >= 0.6 is 0 Å². The second-order valence-electron chi connectivity index (χ2n) is 3.69. The number of nitrogens with one attached hydrogen (secondary N) is 1. The van der Waals surface area contributed by atoms with E-state index in [2.05, 4.69) is 5.32 Å². The van der Waals surface area contributed by atoms with E-state index in [4.69, 9.17) is 10.5 Å². The zero-order valence-electron chi connectivity index (χ0n) is 10.4. The van der Waals surface area contributed by atoms with Crippen molar-refractivity contribution >= 4 is 23.3 Å². The van der Waals surface area contributed by atoms with E-state index in [1.807, 2.05) is 0 Å². The van der Waals surface area contributed by atoms with E-state index in [0.717, 1.165) is 6.07 Å². The van der Waals surface area contributed by atoms with E-state index >= 15 is 0 Å². The van der Waals surface area contributed by atoms with E-state index in [1.54, 1.807) is 0 Å². The monoisotopic (exact) mass is 267 g/mol. The van der Waals surface area contributed by atoms with E-state index in [9.17, 15) is 19.7 Å². The van der Waals surface area contributed by atoms with Gasteiger partial charge in [-0.1, -0.05) is 0 Å². The Labute approximate surface area is 108 Å². The third kappa shape index (κ3) is 3.41. The summed E-state index contributed by atoms with van der Waals surface area (Å²) in [5.74, 6) is -1.65. The predicted molar refractivity (Wildman–Crippen MR) is 66.7 cm³/mol. The Morgan fingerprint density at radius 1 is 1.47 bits per heavy atom. The van der Waals surface area contributed by atoms with Gasteiger partial charge in [0.15, 0.2) is 6.10 Å². The highest BCUT2D eigenvalue weighted by Gasteiger charge is 2.20. The van der Waals surface area contributed by atoms with Crippen LogP contribution in [0.3, 0.4) is 0 Å². The van der Waals surface area contributed by atoms with E-state index in [-0.39, 0.29) is 16.9 Å². The first-order valence-electron chi connectivity index (χ1n) is 5.33. The molecular weight excluding hydrogens is 254 g/mol. The molecule has 19 heavy (non-hydrogen) atoms. The maximum atomic E-state index is 11.7. The van der Waals surface area contributed by atoms with Gasteiger partial charge in [0.1, 0.15) is 5.69 Å². The molecule has 1 rings (SSSR count). The maximum absolute atomic E-state index is 11.7. The summed E-state index contributed by atoms with van der Waals surface area (Å²) in [5.41, 5.74) is 4.93. The molecule has 0 spiro atoms. The van der Waals surface area contributed by atoms with Gasteiger partial charge >= 0.3 is 5.97 Å². The van der Waals surface area contributed by atoms with Crippen molar-refractivity contribution in [2.75, 3.05) is 12.4 Å². The zero-order chi connectivity index (χ0) is 14.6. The van der Waals surface area contributed by atoms with Crippen molar-refractivity contribution in [2.24, 2.45) is 5.73 Å². The average molecular weight is 267 g/mol. The number of hydrogen-bond donors (Lipinski definition) is 2. The Bertz CT molecular complexity index is 529. The smallest absolute Gasteiger partial charge is 0.339 e. The fourth-order valence-electron chi connectivity index (χ4n) is 1.31. The first kappa shape index (κ1) is 14.4. The number of benzene rings is 1. The molecule has 1 aromatic carbocycles. The van der Waals surface area contributed by atoms with Crippen LogP contribution < -0.4 is 11.1 Å². The van der Waals surface area contributed by atoms with Crippen molar-refractivity contribution in [2.45, 2.75) is 13.0 Å². The molecule has 0 saturated heterocycles. The lowest BCUT2D eigenvalue weighted by Gasteiger charge is -2.10. The lowest BCUT2D eigenvalue weighted by atomic mass is 10.1. The topological polar surface area (TPSA) is 125 Å². The predicted octanol–water partition coefficient (Wildman–Crippen LogP) is 0.667. The van der Waals surface area contributed by atoms with Gasteiger partial charge in [0, 0.05) is 13.1 Å². The molecule has 1 aromatic rings. The van der Waals surface area contributed by atoms with Crippen LogP contribution in [0.15, 0.2) is 18.2 Å². The van der Waals surface area contributed by atoms with Gasteiger partial charge in [-0.3, -0.25) is 14.9 Å². The summed E-state index contributed by atoms with van der Waals surface area (Å²) in [6.07, 6.45) is -1.10. The van der Waals surface area contributed by atoms with Crippen molar-refractivity contribution in [3.8, 4) is 0 Å². The molecule has 0 heterocycles. The highest BCUT2D eigenvalue weighted by atomic mass is 16.6. The number of carbonyl (C=O) groups is 2. The number of nitrogens with zero attached hydrogens (tertiary/aromatic N) is 1. The van der Waals surface area contributed by atoms with Gasteiger partial charge in [-0.05, 0) is 19.1 Å². The van der Waals surface area contributed by atoms with Crippen molar-refractivity contribution in [1.29, 1.82) is 0 Å². The van der Waals surface area contributed by atoms with Crippen LogP contribution in [0.1, 0.15) is 17.3 Å². The highest BCUT2D eigenvalue weighted by molar-refractivity contribution is 5.93. The summed E-state index contributed by atoms with van der Waals surface area (Å²) in [5, 5.41) is 13.5. The standard InChI is InChI=1S/C11H13N3O5/c1-6(10(12)15)19-11(16)7-3-4-8(13-2)9(5-7)14(17)18/h3-6,13H,1-2H3,(H2,12,15)/t6-/m0/s1. The maximum Gasteiger partial charge on any atom is 0.339 e. The van der Waals surface area contributed by atoms with Gasteiger partial charge in [0.25, 0.3) is 11.6 Å². The first-order chi connectivity index (χ1) is 8.86. The summed E-state index contributed by atoms with van der Waals surface area (Å²) in [4.78, 5) is 32.6. The molecule has 8 nitrogen and oxygen atoms in total. The van der Waals surface area contributed by atoms with Crippen LogP contribution in [0.25, 0.3) is 0 Å². The lowest BCUT2D eigenvalue weighted by Crippen LogP contribution is -2.30. The molecule has 3 N–H and O–H groups in total. The molecule has 1 atom stereocenters. The number of carbonyl (C=O) groups excluding carboxylic acids is 2. The summed E-state index contributed by atoms with van der Waals surface area (Å²) in [7, 11) is 1.52. The molecule has 0 bridgehead atoms. The molecule has 102 valence electrons. The van der Waals surface area contributed by atoms with E-state index in [1.165, 1.54) is 26.1 Å². The molecule has 0 saturated carbocycles. The number of nitrogens with two attached hydrogens (primary N) is 1.